The molecule has 3 aromatic rings. The van der Waals surface area contributed by atoms with Crippen molar-refractivity contribution in [3.05, 3.63) is 99.9 Å². The van der Waals surface area contributed by atoms with E-state index in [4.69, 9.17) is 11.6 Å². The zero-order valence-electron chi connectivity index (χ0n) is 22.7. The van der Waals surface area contributed by atoms with Gasteiger partial charge in [-0.2, -0.15) is 0 Å². The van der Waals surface area contributed by atoms with Gasteiger partial charge in [-0.15, -0.1) is 0 Å². The van der Waals surface area contributed by atoms with Gasteiger partial charge in [0.05, 0.1) is 0 Å². The van der Waals surface area contributed by atoms with Gasteiger partial charge in [-0.25, -0.2) is 8.78 Å². The van der Waals surface area contributed by atoms with Gasteiger partial charge in [-0.1, -0.05) is 41.4 Å². The Bertz CT molecular complexity index is 1370. The Balaban J connectivity index is 1.21. The van der Waals surface area contributed by atoms with Gasteiger partial charge in [-0.05, 0) is 86.8 Å². The number of piperazine rings is 1. The minimum atomic E-state index is -0.852. The summed E-state index contributed by atoms with van der Waals surface area (Å²) >= 11 is 6.46. The number of amides is 1. The highest BCUT2D eigenvalue weighted by atomic mass is 35.5. The van der Waals surface area contributed by atoms with Crippen LogP contribution in [-0.2, 0) is 13.5 Å². The van der Waals surface area contributed by atoms with E-state index in [0.29, 0.717) is 36.9 Å². The maximum absolute atomic E-state index is 13.7. The van der Waals surface area contributed by atoms with Crippen LogP contribution in [0.5, 0.6) is 0 Å². The summed E-state index contributed by atoms with van der Waals surface area (Å²) in [5.74, 6) is -1.19. The molecule has 1 aromatic heterocycles. The fraction of sp³-hybridized carbons (Fsp3) is 0.406. The highest BCUT2D eigenvalue weighted by Crippen LogP contribution is 2.35. The van der Waals surface area contributed by atoms with Crippen molar-refractivity contribution in [2.24, 2.45) is 7.05 Å². The first-order chi connectivity index (χ1) is 18.8. The second-order valence-electron chi connectivity index (χ2n) is 11.0. The summed E-state index contributed by atoms with van der Waals surface area (Å²) in [6.07, 6.45) is 10.8. The Morgan fingerprint density at radius 1 is 1.05 bits per heavy atom. The number of aryl methyl sites for hydroxylation is 1. The van der Waals surface area contributed by atoms with E-state index in [0.717, 1.165) is 55.2 Å². The number of anilines is 1. The lowest BCUT2D eigenvalue weighted by Crippen LogP contribution is -2.54. The molecule has 4 nitrogen and oxygen atoms in total. The van der Waals surface area contributed by atoms with Crippen LogP contribution in [0.25, 0.3) is 0 Å². The van der Waals surface area contributed by atoms with Crippen LogP contribution in [0.3, 0.4) is 0 Å². The molecule has 0 N–H and O–H groups in total. The molecule has 1 fully saturated rings. The van der Waals surface area contributed by atoms with Crippen LogP contribution in [0.4, 0.5) is 14.5 Å². The van der Waals surface area contributed by atoms with E-state index >= 15 is 0 Å². The topological polar surface area (TPSA) is 28.5 Å². The first-order valence-electron chi connectivity index (χ1n) is 13.9. The normalized spacial score (nSPS) is 20.4. The molecule has 0 saturated carbocycles. The lowest BCUT2D eigenvalue weighted by atomic mass is 9.85. The summed E-state index contributed by atoms with van der Waals surface area (Å²) in [5.41, 5.74) is 5.18. The summed E-state index contributed by atoms with van der Waals surface area (Å²) in [6, 6.07) is 14.1. The molecule has 1 aliphatic heterocycles. The Kier molecular flexibility index (Phi) is 8.41. The maximum Gasteiger partial charge on any atom is 0.270 e. The molecule has 2 aliphatic rings. The molecule has 0 bridgehead atoms. The smallest absolute Gasteiger partial charge is 0.270 e. The van der Waals surface area contributed by atoms with Crippen LogP contribution < -0.4 is 4.90 Å². The zero-order valence-corrected chi connectivity index (χ0v) is 23.4. The van der Waals surface area contributed by atoms with E-state index in [-0.39, 0.29) is 11.9 Å². The van der Waals surface area contributed by atoms with Crippen molar-refractivity contribution in [1.29, 1.82) is 0 Å². The van der Waals surface area contributed by atoms with E-state index in [1.807, 2.05) is 46.5 Å². The fourth-order valence-electron chi connectivity index (χ4n) is 6.12. The van der Waals surface area contributed by atoms with Crippen LogP contribution in [0.2, 0.25) is 5.02 Å². The minimum absolute atomic E-state index is 0.00964. The lowest BCUT2D eigenvalue weighted by Gasteiger charge is -2.41. The predicted molar refractivity (Wildman–Crippen MR) is 154 cm³/mol. The monoisotopic (exact) mass is 551 g/mol. The number of aromatic nitrogens is 1. The van der Waals surface area contributed by atoms with Gasteiger partial charge in [0.2, 0.25) is 0 Å². The highest BCUT2D eigenvalue weighted by molar-refractivity contribution is 6.31. The van der Waals surface area contributed by atoms with Gasteiger partial charge in [0.25, 0.3) is 5.91 Å². The van der Waals surface area contributed by atoms with Gasteiger partial charge in [-0.3, -0.25) is 4.79 Å². The lowest BCUT2D eigenvalue weighted by molar-refractivity contribution is 0.0664. The number of benzene rings is 2. The van der Waals surface area contributed by atoms with Gasteiger partial charge in [0.1, 0.15) is 5.69 Å². The fourth-order valence-corrected chi connectivity index (χ4v) is 6.41. The summed E-state index contributed by atoms with van der Waals surface area (Å²) in [7, 11) is 1.93. The first-order valence-corrected chi connectivity index (χ1v) is 14.3. The van der Waals surface area contributed by atoms with E-state index in [2.05, 4.69) is 24.4 Å². The molecule has 1 saturated heterocycles. The van der Waals surface area contributed by atoms with E-state index in [9.17, 15) is 13.6 Å². The van der Waals surface area contributed by atoms with Gasteiger partial charge in [0, 0.05) is 55.7 Å². The molecule has 0 spiro atoms. The van der Waals surface area contributed by atoms with Crippen molar-refractivity contribution in [2.45, 2.75) is 57.4 Å². The predicted octanol–water partition coefficient (Wildman–Crippen LogP) is 7.52. The average Bonchev–Trinajstić information content (AvgIpc) is 3.27. The van der Waals surface area contributed by atoms with E-state index in [1.165, 1.54) is 17.2 Å². The minimum Gasteiger partial charge on any atom is -0.368 e. The number of hydrogen-bond donors (Lipinski definition) is 0. The second-order valence-corrected chi connectivity index (χ2v) is 11.4. The Morgan fingerprint density at radius 2 is 1.87 bits per heavy atom. The second kappa shape index (κ2) is 12.0. The number of nitrogens with zero attached hydrogens (tertiary/aromatic N) is 3. The summed E-state index contributed by atoms with van der Waals surface area (Å²) < 4.78 is 29.0. The molecule has 1 aliphatic carbocycles. The van der Waals surface area contributed by atoms with Gasteiger partial charge in [0.15, 0.2) is 11.6 Å². The van der Waals surface area contributed by atoms with Crippen LogP contribution in [0.1, 0.15) is 66.6 Å². The molecular formula is C32H36ClF2N3O. The standard InChI is InChI=1S/C32H36ClF2N3O/c1-22-20-37(26-13-14-29(34)30(35)19-26)15-16-38(22)32(39)31-18-24(21-36(31)2)17-23-7-5-9-25(10-6-8-23)27-11-3-4-12-28(27)33/h3-4,7,11-14,18-19,21-22,25H,5-6,8-10,15-17,20H2,1-2H3/t22-,25?/m0/s1. The molecule has 2 heterocycles. The van der Waals surface area contributed by atoms with Crippen LogP contribution >= 0.6 is 11.6 Å². The Labute approximate surface area is 234 Å². The van der Waals surface area contributed by atoms with Crippen LogP contribution in [0, 0.1) is 11.6 Å². The molecule has 39 heavy (non-hydrogen) atoms. The number of carbonyl (C=O) groups is 1. The molecule has 206 valence electrons. The first kappa shape index (κ1) is 27.4. The third-order valence-corrected chi connectivity index (χ3v) is 8.56. The van der Waals surface area contributed by atoms with Crippen molar-refractivity contribution in [2.75, 3.05) is 24.5 Å². The molecule has 7 heteroatoms. The van der Waals surface area contributed by atoms with Crippen molar-refractivity contribution in [3.63, 3.8) is 0 Å². The quantitative estimate of drug-likeness (QED) is 0.307. The van der Waals surface area contributed by atoms with Gasteiger partial charge < -0.3 is 14.4 Å². The Morgan fingerprint density at radius 3 is 2.64 bits per heavy atom. The SMILES string of the molecule is C[C@H]1CN(c2ccc(F)c(F)c2)CCN1C(=O)c1cc(CC2=CCCC(c3ccccc3Cl)CCC2)cn1C. The highest BCUT2D eigenvalue weighted by Gasteiger charge is 2.30. The molecule has 2 aromatic carbocycles. The molecule has 2 atom stereocenters. The van der Waals surface area contributed by atoms with E-state index in [1.54, 1.807) is 6.07 Å². The average molecular weight is 552 g/mol. The molecule has 0 radical (unpaired) electrons. The third kappa shape index (κ3) is 6.22. The van der Waals surface area contributed by atoms with Gasteiger partial charge >= 0.3 is 0 Å². The van der Waals surface area contributed by atoms with Crippen molar-refractivity contribution in [1.82, 2.24) is 9.47 Å². The molecular weight excluding hydrogens is 516 g/mol. The molecule has 1 amide bonds. The van der Waals surface area contributed by atoms with Crippen molar-refractivity contribution < 1.29 is 13.6 Å². The van der Waals surface area contributed by atoms with Crippen LogP contribution in [-0.4, -0.2) is 41.1 Å². The largest absolute Gasteiger partial charge is 0.368 e. The van der Waals surface area contributed by atoms with Crippen molar-refractivity contribution >= 4 is 23.2 Å². The number of allylic oxidation sites excluding steroid dienone is 2. The summed E-state index contributed by atoms with van der Waals surface area (Å²) in [5, 5.41) is 0.869. The summed E-state index contributed by atoms with van der Waals surface area (Å²) in [6.45, 7) is 3.66. The van der Waals surface area contributed by atoms with Crippen molar-refractivity contribution in [3.8, 4) is 0 Å². The molecule has 1 unspecified atom stereocenters. The number of carbonyl (C=O) groups excluding carboxylic acids is 1. The maximum atomic E-state index is 13.7. The number of halogens is 3. The third-order valence-electron chi connectivity index (χ3n) is 8.21. The molecule has 5 rings (SSSR count). The summed E-state index contributed by atoms with van der Waals surface area (Å²) in [4.78, 5) is 17.4. The number of rotatable bonds is 5. The van der Waals surface area contributed by atoms with E-state index < -0.39 is 11.6 Å². The zero-order chi connectivity index (χ0) is 27.5. The van der Waals surface area contributed by atoms with Crippen LogP contribution in [0.15, 0.2) is 66.4 Å². The number of hydrogen-bond acceptors (Lipinski definition) is 2. The Hall–Kier alpha value is -3.12.